The van der Waals surface area contributed by atoms with E-state index in [1.807, 2.05) is 0 Å². The van der Waals surface area contributed by atoms with Crippen LogP contribution in [0.15, 0.2) is 109 Å². The molecule has 0 N–H and O–H groups in total. The smallest absolute Gasteiger partial charge is 0.306 e. The summed E-state index contributed by atoms with van der Waals surface area (Å²) in [6, 6.07) is 0. The molecular weight excluding hydrogens is 925 g/mol. The average molecular weight is 1040 g/mol. The van der Waals surface area contributed by atoms with Crippen molar-refractivity contribution in [1.82, 2.24) is 0 Å². The van der Waals surface area contributed by atoms with Gasteiger partial charge in [0.15, 0.2) is 6.10 Å². The van der Waals surface area contributed by atoms with E-state index < -0.39 is 6.10 Å². The van der Waals surface area contributed by atoms with Gasteiger partial charge in [0, 0.05) is 19.3 Å². The van der Waals surface area contributed by atoms with Gasteiger partial charge in [-0.05, 0) is 128 Å². The molecular formula is C69H116O6. The van der Waals surface area contributed by atoms with Crippen LogP contribution in [0.4, 0.5) is 0 Å². The lowest BCUT2D eigenvalue weighted by atomic mass is 10.1. The Morgan fingerprint density at radius 3 is 0.853 bits per heavy atom. The van der Waals surface area contributed by atoms with Crippen LogP contribution >= 0.6 is 0 Å². The van der Waals surface area contributed by atoms with Crippen molar-refractivity contribution < 1.29 is 28.6 Å². The minimum absolute atomic E-state index is 0.0899. The minimum atomic E-state index is -0.794. The Hall–Kier alpha value is -3.93. The zero-order valence-electron chi connectivity index (χ0n) is 49.0. The fourth-order valence-electron chi connectivity index (χ4n) is 8.53. The van der Waals surface area contributed by atoms with Gasteiger partial charge in [0.05, 0.1) is 0 Å². The van der Waals surface area contributed by atoms with Crippen molar-refractivity contribution in [2.24, 2.45) is 0 Å². The van der Waals surface area contributed by atoms with Crippen molar-refractivity contribution in [1.29, 1.82) is 0 Å². The number of ether oxygens (including phenoxy) is 3. The minimum Gasteiger partial charge on any atom is -0.462 e. The summed E-state index contributed by atoms with van der Waals surface area (Å²) in [4.78, 5) is 38.3. The molecule has 1 atom stereocenters. The number of unbranched alkanes of at least 4 members (excludes halogenated alkanes) is 27. The van der Waals surface area contributed by atoms with Crippen LogP contribution in [0.5, 0.6) is 0 Å². The Morgan fingerprint density at radius 1 is 0.280 bits per heavy atom. The monoisotopic (exact) mass is 1040 g/mol. The zero-order valence-corrected chi connectivity index (χ0v) is 49.0. The molecule has 6 nitrogen and oxygen atoms in total. The van der Waals surface area contributed by atoms with Gasteiger partial charge in [-0.25, -0.2) is 0 Å². The number of carbonyl (C=O) groups excluding carboxylic acids is 3. The number of allylic oxidation sites excluding steroid dienone is 18. The standard InChI is InChI=1S/C69H116O6/c1-4-7-10-13-16-19-22-25-27-29-31-32-33-34-35-36-38-39-41-44-47-50-53-56-59-62-68(71)74-65-66(64-73-67(70)61-58-55-52-49-46-43-24-21-18-15-12-9-6-3)75-69(72)63-60-57-54-51-48-45-42-40-37-30-28-26-23-20-17-14-11-8-5-2/h7,10,16-17,19-21,24-28,31-32,34-35,37,40,66H,4-6,8-9,11-15,18,22-23,29-30,33,36,38-39,41-65H2,1-3H3/b10-7-,19-16-,20-17-,24-21-,27-25-,28-26-,32-31-,35-34-,40-37-. The maximum absolute atomic E-state index is 12.9. The second kappa shape index (κ2) is 62.6. The number of rotatable bonds is 56. The van der Waals surface area contributed by atoms with E-state index >= 15 is 0 Å². The highest BCUT2D eigenvalue weighted by molar-refractivity contribution is 5.71. The van der Waals surface area contributed by atoms with E-state index in [2.05, 4.69) is 130 Å². The Kier molecular flexibility index (Phi) is 59.3. The molecule has 0 amide bonds. The van der Waals surface area contributed by atoms with Gasteiger partial charge in [-0.15, -0.1) is 0 Å². The van der Waals surface area contributed by atoms with Crippen LogP contribution < -0.4 is 0 Å². The van der Waals surface area contributed by atoms with Crippen LogP contribution in [-0.4, -0.2) is 37.2 Å². The molecule has 1 unspecified atom stereocenters. The first kappa shape index (κ1) is 71.1. The predicted octanol–water partition coefficient (Wildman–Crippen LogP) is 21.4. The molecule has 6 heteroatoms. The molecule has 0 aliphatic carbocycles. The van der Waals surface area contributed by atoms with E-state index in [1.54, 1.807) is 0 Å². The molecule has 0 rings (SSSR count). The van der Waals surface area contributed by atoms with Gasteiger partial charge < -0.3 is 14.2 Å². The predicted molar refractivity (Wildman–Crippen MR) is 325 cm³/mol. The highest BCUT2D eigenvalue weighted by Gasteiger charge is 2.19. The van der Waals surface area contributed by atoms with Crippen molar-refractivity contribution in [3.8, 4) is 0 Å². The Labute approximate surface area is 463 Å². The van der Waals surface area contributed by atoms with E-state index in [4.69, 9.17) is 14.2 Å². The summed E-state index contributed by atoms with van der Waals surface area (Å²) in [6.07, 6.45) is 85.1. The topological polar surface area (TPSA) is 78.9 Å². The second-order valence-electron chi connectivity index (χ2n) is 20.6. The number of hydrogen-bond donors (Lipinski definition) is 0. The molecule has 0 aromatic carbocycles. The molecule has 0 aliphatic rings. The summed E-state index contributed by atoms with van der Waals surface area (Å²) in [5, 5.41) is 0. The third kappa shape index (κ3) is 60.8. The second-order valence-corrected chi connectivity index (χ2v) is 20.6. The summed E-state index contributed by atoms with van der Waals surface area (Å²) >= 11 is 0. The van der Waals surface area contributed by atoms with Gasteiger partial charge in [0.2, 0.25) is 0 Å². The maximum Gasteiger partial charge on any atom is 0.306 e. The van der Waals surface area contributed by atoms with Crippen LogP contribution in [0, 0.1) is 0 Å². The number of carbonyl (C=O) groups is 3. The highest BCUT2D eigenvalue weighted by atomic mass is 16.6. The van der Waals surface area contributed by atoms with Crippen molar-refractivity contribution in [2.75, 3.05) is 13.2 Å². The first-order valence-corrected chi connectivity index (χ1v) is 31.4. The van der Waals surface area contributed by atoms with Crippen LogP contribution in [-0.2, 0) is 28.6 Å². The van der Waals surface area contributed by atoms with Gasteiger partial charge in [-0.1, -0.05) is 252 Å². The third-order valence-corrected chi connectivity index (χ3v) is 13.2. The molecule has 0 saturated carbocycles. The largest absolute Gasteiger partial charge is 0.462 e. The fraction of sp³-hybridized carbons (Fsp3) is 0.696. The quantitative estimate of drug-likeness (QED) is 0.0261. The molecule has 75 heavy (non-hydrogen) atoms. The molecule has 0 radical (unpaired) electrons. The van der Waals surface area contributed by atoms with Crippen LogP contribution in [0.3, 0.4) is 0 Å². The molecule has 0 spiro atoms. The summed E-state index contributed by atoms with van der Waals surface area (Å²) < 4.78 is 16.9. The zero-order chi connectivity index (χ0) is 54.3. The fourth-order valence-corrected chi connectivity index (χ4v) is 8.53. The summed E-state index contributed by atoms with van der Waals surface area (Å²) in [5.41, 5.74) is 0. The Morgan fingerprint density at radius 2 is 0.520 bits per heavy atom. The van der Waals surface area contributed by atoms with E-state index in [1.165, 1.54) is 122 Å². The van der Waals surface area contributed by atoms with Gasteiger partial charge in [0.1, 0.15) is 13.2 Å². The molecule has 0 aromatic heterocycles. The van der Waals surface area contributed by atoms with Crippen molar-refractivity contribution >= 4 is 17.9 Å². The molecule has 0 saturated heterocycles. The summed E-state index contributed by atoms with van der Waals surface area (Å²) in [5.74, 6) is -0.911. The van der Waals surface area contributed by atoms with E-state index in [9.17, 15) is 14.4 Å². The van der Waals surface area contributed by atoms with Crippen molar-refractivity contribution in [2.45, 2.75) is 297 Å². The molecule has 0 bridgehead atoms. The first-order chi connectivity index (χ1) is 37.0. The van der Waals surface area contributed by atoms with Gasteiger partial charge >= 0.3 is 17.9 Å². The lowest BCUT2D eigenvalue weighted by Gasteiger charge is -2.18. The number of hydrogen-bond acceptors (Lipinski definition) is 6. The highest BCUT2D eigenvalue weighted by Crippen LogP contribution is 2.15. The van der Waals surface area contributed by atoms with Crippen LogP contribution in [0.1, 0.15) is 290 Å². The molecule has 0 fully saturated rings. The normalized spacial score (nSPS) is 12.8. The lowest BCUT2D eigenvalue weighted by Crippen LogP contribution is -2.30. The average Bonchev–Trinajstić information content (AvgIpc) is 3.41. The third-order valence-electron chi connectivity index (χ3n) is 13.2. The Balaban J connectivity index is 4.37. The maximum atomic E-state index is 12.9. The van der Waals surface area contributed by atoms with Crippen molar-refractivity contribution in [3.63, 3.8) is 0 Å². The van der Waals surface area contributed by atoms with E-state index in [0.717, 1.165) is 128 Å². The van der Waals surface area contributed by atoms with Gasteiger partial charge in [-0.2, -0.15) is 0 Å². The number of esters is 3. The molecule has 0 aromatic rings. The van der Waals surface area contributed by atoms with Crippen molar-refractivity contribution in [3.05, 3.63) is 109 Å². The SMILES string of the molecule is CC/C=C\C/C=C\C/C=C\C/C=C\C/C=C\CCCCCCCCCCCC(=O)OCC(COC(=O)CCCCCCC/C=C\CCCCCC)OC(=O)CCCCCCCC/C=C\C/C=C\C/C=C\CCCCC. The van der Waals surface area contributed by atoms with E-state index in [-0.39, 0.29) is 31.1 Å². The molecule has 0 heterocycles. The summed E-state index contributed by atoms with van der Waals surface area (Å²) in [6.45, 7) is 6.47. The molecule has 428 valence electrons. The van der Waals surface area contributed by atoms with Crippen LogP contribution in [0.25, 0.3) is 0 Å². The van der Waals surface area contributed by atoms with Gasteiger partial charge in [0.25, 0.3) is 0 Å². The Bertz CT molecular complexity index is 1520. The first-order valence-electron chi connectivity index (χ1n) is 31.4. The molecule has 0 aliphatic heterocycles. The van der Waals surface area contributed by atoms with Crippen LogP contribution in [0.2, 0.25) is 0 Å². The van der Waals surface area contributed by atoms with Gasteiger partial charge in [-0.3, -0.25) is 14.4 Å². The summed E-state index contributed by atoms with van der Waals surface area (Å²) in [7, 11) is 0. The van der Waals surface area contributed by atoms with E-state index in [0.29, 0.717) is 19.3 Å². The lowest BCUT2D eigenvalue weighted by molar-refractivity contribution is -0.167.